The number of rotatable bonds is 7. The maximum Gasteiger partial charge on any atom is 0.138 e. The largest absolute Gasteiger partial charge is 0.317 e. The van der Waals surface area contributed by atoms with E-state index in [9.17, 15) is 0 Å². The summed E-state index contributed by atoms with van der Waals surface area (Å²) in [6, 6.07) is 0.553. The van der Waals surface area contributed by atoms with Crippen LogP contribution in [-0.2, 0) is 13.0 Å². The van der Waals surface area contributed by atoms with Crippen LogP contribution in [0.1, 0.15) is 38.9 Å². The second-order valence-corrected chi connectivity index (χ2v) is 5.62. The fourth-order valence-corrected chi connectivity index (χ4v) is 2.22. The molecule has 0 radical (unpaired) electrons. The highest BCUT2D eigenvalue weighted by atomic mass is 15.3. The van der Waals surface area contributed by atoms with Crippen LogP contribution in [0.4, 0.5) is 0 Å². The van der Waals surface area contributed by atoms with Crippen LogP contribution in [0, 0.1) is 11.8 Å². The molecule has 0 saturated heterocycles. The van der Waals surface area contributed by atoms with Crippen molar-refractivity contribution in [1.29, 1.82) is 0 Å². The summed E-state index contributed by atoms with van der Waals surface area (Å²) in [5.41, 5.74) is 0. The maximum atomic E-state index is 4.40. The van der Waals surface area contributed by atoms with Gasteiger partial charge in [0.05, 0.1) is 0 Å². The highest BCUT2D eigenvalue weighted by Gasteiger charge is 2.25. The summed E-state index contributed by atoms with van der Waals surface area (Å²) in [6.07, 6.45) is 6.79. The van der Waals surface area contributed by atoms with Crippen molar-refractivity contribution < 1.29 is 0 Å². The monoisotopic (exact) mass is 236 g/mol. The second kappa shape index (κ2) is 5.63. The highest BCUT2D eigenvalue weighted by molar-refractivity contribution is 4.92. The predicted octanol–water partition coefficient (Wildman–Crippen LogP) is 1.86. The molecule has 0 spiro atoms. The fourth-order valence-electron chi connectivity index (χ4n) is 2.22. The van der Waals surface area contributed by atoms with Gasteiger partial charge in [0.2, 0.25) is 0 Å². The van der Waals surface area contributed by atoms with Gasteiger partial charge in [0.25, 0.3) is 0 Å². The number of hydrogen-bond acceptors (Lipinski definition) is 3. The van der Waals surface area contributed by atoms with Gasteiger partial charge in [-0.2, -0.15) is 5.10 Å². The van der Waals surface area contributed by atoms with Crippen molar-refractivity contribution in [3.8, 4) is 0 Å². The average molecular weight is 236 g/mol. The normalized spacial score (nSPS) is 17.6. The Kier molecular flexibility index (Phi) is 4.15. The van der Waals surface area contributed by atoms with E-state index in [1.54, 1.807) is 6.33 Å². The number of nitrogens with zero attached hydrogens (tertiary/aromatic N) is 3. The van der Waals surface area contributed by atoms with Crippen molar-refractivity contribution in [2.24, 2.45) is 11.8 Å². The Morgan fingerprint density at radius 2 is 2.24 bits per heavy atom. The van der Waals surface area contributed by atoms with Crippen molar-refractivity contribution in [3.63, 3.8) is 0 Å². The van der Waals surface area contributed by atoms with Gasteiger partial charge in [0.15, 0.2) is 0 Å². The molecule has 1 fully saturated rings. The summed E-state index contributed by atoms with van der Waals surface area (Å²) in [5.74, 6) is 2.69. The average Bonchev–Trinajstić information content (AvgIpc) is 2.99. The van der Waals surface area contributed by atoms with Crippen LogP contribution in [-0.4, -0.2) is 27.9 Å². The molecule has 1 unspecified atom stereocenters. The van der Waals surface area contributed by atoms with Crippen molar-refractivity contribution in [1.82, 2.24) is 20.1 Å². The van der Waals surface area contributed by atoms with Gasteiger partial charge in [0, 0.05) is 19.0 Å². The minimum atomic E-state index is 0.553. The van der Waals surface area contributed by atoms with E-state index < -0.39 is 0 Å². The van der Waals surface area contributed by atoms with E-state index in [0.29, 0.717) is 12.0 Å². The number of nitrogens with one attached hydrogen (secondary N) is 1. The first-order valence-corrected chi connectivity index (χ1v) is 6.73. The van der Waals surface area contributed by atoms with Gasteiger partial charge in [-0.05, 0) is 25.3 Å². The summed E-state index contributed by atoms with van der Waals surface area (Å²) in [5, 5.41) is 7.73. The molecule has 1 heterocycles. The molecule has 0 aromatic carbocycles. The van der Waals surface area contributed by atoms with Gasteiger partial charge in [-0.25, -0.2) is 9.67 Å². The molecular formula is C13H24N4. The number of likely N-dealkylation sites (N-methyl/N-ethyl adjacent to an activating group) is 1. The zero-order valence-electron chi connectivity index (χ0n) is 11.2. The van der Waals surface area contributed by atoms with Crippen LogP contribution in [0.15, 0.2) is 6.33 Å². The SMILES string of the molecule is CNC(Cc1ncnn1CC(C)C)CC1CC1. The number of aromatic nitrogens is 3. The van der Waals surface area contributed by atoms with E-state index in [4.69, 9.17) is 0 Å². The van der Waals surface area contributed by atoms with E-state index in [-0.39, 0.29) is 0 Å². The van der Waals surface area contributed by atoms with E-state index in [0.717, 1.165) is 24.7 Å². The van der Waals surface area contributed by atoms with Crippen molar-refractivity contribution in [2.45, 2.75) is 52.1 Å². The molecule has 0 amide bonds. The molecule has 1 saturated carbocycles. The van der Waals surface area contributed by atoms with Crippen molar-refractivity contribution >= 4 is 0 Å². The van der Waals surface area contributed by atoms with Gasteiger partial charge in [-0.1, -0.05) is 26.7 Å². The molecule has 0 bridgehead atoms. The highest BCUT2D eigenvalue weighted by Crippen LogP contribution is 2.33. The van der Waals surface area contributed by atoms with Gasteiger partial charge in [-0.15, -0.1) is 0 Å². The molecule has 2 rings (SSSR count). The summed E-state index contributed by atoms with van der Waals surface area (Å²) >= 11 is 0. The van der Waals surface area contributed by atoms with Crippen molar-refractivity contribution in [2.75, 3.05) is 7.05 Å². The molecule has 17 heavy (non-hydrogen) atoms. The lowest BCUT2D eigenvalue weighted by atomic mass is 10.1. The zero-order chi connectivity index (χ0) is 12.3. The zero-order valence-corrected chi connectivity index (χ0v) is 11.2. The second-order valence-electron chi connectivity index (χ2n) is 5.62. The third kappa shape index (κ3) is 3.80. The summed E-state index contributed by atoms with van der Waals surface area (Å²) in [6.45, 7) is 5.39. The van der Waals surface area contributed by atoms with Crippen LogP contribution in [0.25, 0.3) is 0 Å². The summed E-state index contributed by atoms with van der Waals surface area (Å²) in [4.78, 5) is 4.40. The first-order valence-electron chi connectivity index (χ1n) is 6.73. The van der Waals surface area contributed by atoms with Crippen LogP contribution in [0.3, 0.4) is 0 Å². The molecule has 4 nitrogen and oxygen atoms in total. The minimum absolute atomic E-state index is 0.553. The van der Waals surface area contributed by atoms with Crippen LogP contribution in [0.5, 0.6) is 0 Å². The van der Waals surface area contributed by atoms with Crippen molar-refractivity contribution in [3.05, 3.63) is 12.2 Å². The smallest absolute Gasteiger partial charge is 0.138 e. The fraction of sp³-hybridized carbons (Fsp3) is 0.846. The maximum absolute atomic E-state index is 4.40. The Balaban J connectivity index is 1.93. The third-order valence-corrected chi connectivity index (χ3v) is 3.39. The van der Waals surface area contributed by atoms with Gasteiger partial charge >= 0.3 is 0 Å². The van der Waals surface area contributed by atoms with E-state index >= 15 is 0 Å². The van der Waals surface area contributed by atoms with Gasteiger partial charge in [0.1, 0.15) is 12.2 Å². The molecule has 1 aliphatic carbocycles. The molecule has 0 aliphatic heterocycles. The quantitative estimate of drug-likeness (QED) is 0.786. The lowest BCUT2D eigenvalue weighted by Crippen LogP contribution is -2.29. The molecule has 1 aliphatic rings. The Morgan fingerprint density at radius 3 is 2.82 bits per heavy atom. The Hall–Kier alpha value is -0.900. The Bertz CT molecular complexity index is 341. The van der Waals surface area contributed by atoms with Crippen LogP contribution < -0.4 is 5.32 Å². The minimum Gasteiger partial charge on any atom is -0.317 e. The van der Waals surface area contributed by atoms with Gasteiger partial charge < -0.3 is 5.32 Å². The molecular weight excluding hydrogens is 212 g/mol. The van der Waals surface area contributed by atoms with Gasteiger partial charge in [-0.3, -0.25) is 0 Å². The van der Waals surface area contributed by atoms with Crippen LogP contribution >= 0.6 is 0 Å². The molecule has 1 aromatic rings. The first kappa shape index (κ1) is 12.6. The summed E-state index contributed by atoms with van der Waals surface area (Å²) in [7, 11) is 2.05. The van der Waals surface area contributed by atoms with Crippen LogP contribution in [0.2, 0.25) is 0 Å². The topological polar surface area (TPSA) is 42.7 Å². The van der Waals surface area contributed by atoms with E-state index in [1.807, 2.05) is 0 Å². The third-order valence-electron chi connectivity index (χ3n) is 3.39. The lowest BCUT2D eigenvalue weighted by Gasteiger charge is -2.16. The Labute approximate surface area is 104 Å². The molecule has 1 atom stereocenters. The van der Waals surface area contributed by atoms with E-state index in [2.05, 4.69) is 41.0 Å². The lowest BCUT2D eigenvalue weighted by molar-refractivity contribution is 0.432. The summed E-state index contributed by atoms with van der Waals surface area (Å²) < 4.78 is 2.06. The molecule has 96 valence electrons. The molecule has 4 heteroatoms. The Morgan fingerprint density at radius 1 is 1.47 bits per heavy atom. The predicted molar refractivity (Wildman–Crippen MR) is 68.8 cm³/mol. The molecule has 1 aromatic heterocycles. The standard InChI is InChI=1S/C13H24N4/c1-10(2)8-17-13(15-9-16-17)7-12(14-3)6-11-4-5-11/h9-12,14H,4-8H2,1-3H3. The molecule has 1 N–H and O–H groups in total. The number of hydrogen-bond donors (Lipinski definition) is 1. The van der Waals surface area contributed by atoms with E-state index in [1.165, 1.54) is 19.3 Å². The first-order chi connectivity index (χ1) is 8.19.